The topological polar surface area (TPSA) is 20.2 Å². The van der Waals surface area contributed by atoms with Crippen LogP contribution in [0.5, 0.6) is 0 Å². The first-order valence-electron chi connectivity index (χ1n) is 3.02. The summed E-state index contributed by atoms with van der Waals surface area (Å²) in [5, 5.41) is 8.35. The number of aliphatic hydroxyl groups is 1. The maximum absolute atomic E-state index is 8.67. The summed E-state index contributed by atoms with van der Waals surface area (Å²) in [5.41, 5.74) is 0.830. The van der Waals surface area contributed by atoms with Gasteiger partial charge in [0.15, 0.2) is 0 Å². The molecule has 0 spiro atoms. The molecule has 0 aliphatic heterocycles. The largest absolute Gasteiger partial charge is 0.392 e. The van der Waals surface area contributed by atoms with Gasteiger partial charge in [-0.05, 0) is 5.57 Å². The molecule has 1 aliphatic rings. The molecule has 0 bridgehead atoms. The van der Waals surface area contributed by atoms with Crippen LogP contribution in [0.1, 0.15) is 0 Å². The Balaban J connectivity index is 2.66. The Labute approximate surface area is 69.9 Å². The molecule has 0 aromatic rings. The van der Waals surface area contributed by atoms with Crippen LogP contribution in [0.2, 0.25) is 0 Å². The van der Waals surface area contributed by atoms with Gasteiger partial charge in [-0.2, -0.15) is 0 Å². The summed E-state index contributed by atoms with van der Waals surface area (Å²) in [4.78, 5) is 0. The van der Waals surface area contributed by atoms with Crippen LogP contribution >= 0.6 is 23.2 Å². The molecule has 0 aromatic carbocycles. The molecule has 0 radical (unpaired) electrons. The van der Waals surface area contributed by atoms with Crippen molar-refractivity contribution >= 4 is 23.2 Å². The number of aliphatic hydroxyl groups excluding tert-OH is 1. The number of hydrogen-bond acceptors (Lipinski definition) is 1. The van der Waals surface area contributed by atoms with Crippen molar-refractivity contribution in [2.75, 3.05) is 6.61 Å². The van der Waals surface area contributed by atoms with Crippen molar-refractivity contribution in [1.82, 2.24) is 0 Å². The van der Waals surface area contributed by atoms with Gasteiger partial charge in [0.25, 0.3) is 0 Å². The Hall–Kier alpha value is 0.0200. The maximum atomic E-state index is 8.67. The van der Waals surface area contributed by atoms with E-state index in [0.29, 0.717) is 0 Å². The number of alkyl halides is 2. The van der Waals surface area contributed by atoms with Gasteiger partial charge in [0, 0.05) is 0 Å². The van der Waals surface area contributed by atoms with E-state index in [1.165, 1.54) is 0 Å². The van der Waals surface area contributed by atoms with Gasteiger partial charge in [0.1, 0.15) is 0 Å². The molecule has 1 aliphatic carbocycles. The predicted molar refractivity (Wildman–Crippen MR) is 43.6 cm³/mol. The number of hydrogen-bond donors (Lipinski definition) is 1. The van der Waals surface area contributed by atoms with Crippen molar-refractivity contribution < 1.29 is 5.11 Å². The third-order valence-corrected chi connectivity index (χ3v) is 2.30. The average Bonchev–Trinajstić information content (AvgIpc) is 1.95. The van der Waals surface area contributed by atoms with E-state index in [0.717, 1.165) is 5.57 Å². The van der Waals surface area contributed by atoms with Gasteiger partial charge in [0.05, 0.1) is 17.4 Å². The first-order valence-corrected chi connectivity index (χ1v) is 3.89. The zero-order valence-corrected chi connectivity index (χ0v) is 6.81. The molecule has 10 heavy (non-hydrogen) atoms. The van der Waals surface area contributed by atoms with Crippen molar-refractivity contribution in [2.45, 2.75) is 10.8 Å². The lowest BCUT2D eigenvalue weighted by atomic mass is 10.1. The Bertz CT molecular complexity index is 174. The predicted octanol–water partition coefficient (Wildman–Crippen LogP) is 1.69. The van der Waals surface area contributed by atoms with Gasteiger partial charge in [-0.25, -0.2) is 0 Å². The zero-order valence-electron chi connectivity index (χ0n) is 5.30. The fourth-order valence-electron chi connectivity index (χ4n) is 0.779. The Morgan fingerprint density at radius 1 is 1.40 bits per heavy atom. The molecule has 0 heterocycles. The van der Waals surface area contributed by atoms with Crippen molar-refractivity contribution in [3.8, 4) is 0 Å². The second-order valence-corrected chi connectivity index (χ2v) is 3.16. The summed E-state index contributed by atoms with van der Waals surface area (Å²) >= 11 is 11.5. The molecular weight excluding hydrogens is 171 g/mol. The molecule has 1 nitrogen and oxygen atoms in total. The quantitative estimate of drug-likeness (QED) is 0.607. The van der Waals surface area contributed by atoms with E-state index < -0.39 is 0 Å². The summed E-state index contributed by atoms with van der Waals surface area (Å²) in [7, 11) is 0. The second-order valence-electron chi connectivity index (χ2n) is 2.15. The van der Waals surface area contributed by atoms with E-state index in [1.807, 2.05) is 0 Å². The zero-order chi connectivity index (χ0) is 7.56. The highest BCUT2D eigenvalue weighted by atomic mass is 35.5. The molecule has 0 saturated carbocycles. The summed E-state index contributed by atoms with van der Waals surface area (Å²) in [6.07, 6.45) is 5.33. The molecule has 0 saturated heterocycles. The normalized spacial score (nSPS) is 32.1. The molecule has 0 aromatic heterocycles. The molecular formula is C7H8Cl2O. The lowest BCUT2D eigenvalue weighted by Gasteiger charge is -2.13. The van der Waals surface area contributed by atoms with Crippen molar-refractivity contribution in [2.24, 2.45) is 0 Å². The van der Waals surface area contributed by atoms with E-state index >= 15 is 0 Å². The first kappa shape index (κ1) is 8.12. The van der Waals surface area contributed by atoms with E-state index in [-0.39, 0.29) is 17.4 Å². The van der Waals surface area contributed by atoms with Gasteiger partial charge in [-0.1, -0.05) is 18.2 Å². The van der Waals surface area contributed by atoms with Crippen molar-refractivity contribution in [1.29, 1.82) is 0 Å². The van der Waals surface area contributed by atoms with Crippen molar-refractivity contribution in [3.05, 3.63) is 23.8 Å². The summed E-state index contributed by atoms with van der Waals surface area (Å²) in [6, 6.07) is 0. The Kier molecular flexibility index (Phi) is 2.78. The van der Waals surface area contributed by atoms with Crippen LogP contribution in [0.25, 0.3) is 0 Å². The summed E-state index contributed by atoms with van der Waals surface area (Å²) < 4.78 is 0. The van der Waals surface area contributed by atoms with E-state index in [9.17, 15) is 0 Å². The minimum atomic E-state index is -0.186. The molecule has 1 rings (SSSR count). The Morgan fingerprint density at radius 2 is 2.10 bits per heavy atom. The van der Waals surface area contributed by atoms with Gasteiger partial charge in [0.2, 0.25) is 0 Å². The lowest BCUT2D eigenvalue weighted by molar-refractivity contribution is 0.334. The second kappa shape index (κ2) is 3.42. The Morgan fingerprint density at radius 3 is 2.60 bits per heavy atom. The third kappa shape index (κ3) is 1.75. The highest BCUT2D eigenvalue weighted by Crippen LogP contribution is 2.19. The summed E-state index contributed by atoms with van der Waals surface area (Å²) in [6.45, 7) is 0.0311. The highest BCUT2D eigenvalue weighted by molar-refractivity contribution is 6.31. The van der Waals surface area contributed by atoms with Crippen LogP contribution in [-0.2, 0) is 0 Å². The van der Waals surface area contributed by atoms with Gasteiger partial charge in [-0.15, -0.1) is 23.2 Å². The molecule has 56 valence electrons. The fraction of sp³-hybridized carbons (Fsp3) is 0.429. The molecule has 0 amide bonds. The van der Waals surface area contributed by atoms with Crippen LogP contribution in [0.15, 0.2) is 23.8 Å². The molecule has 0 fully saturated rings. The average molecular weight is 179 g/mol. The van der Waals surface area contributed by atoms with Gasteiger partial charge in [-0.3, -0.25) is 0 Å². The van der Waals surface area contributed by atoms with Crippen molar-refractivity contribution in [3.63, 3.8) is 0 Å². The monoisotopic (exact) mass is 178 g/mol. The number of rotatable bonds is 1. The van der Waals surface area contributed by atoms with E-state index in [2.05, 4.69) is 0 Å². The van der Waals surface area contributed by atoms with Gasteiger partial charge >= 0.3 is 0 Å². The van der Waals surface area contributed by atoms with Crippen LogP contribution in [0.3, 0.4) is 0 Å². The molecule has 2 unspecified atom stereocenters. The number of allylic oxidation sites excluding steroid dienone is 2. The van der Waals surface area contributed by atoms with Crippen LogP contribution in [0, 0.1) is 0 Å². The van der Waals surface area contributed by atoms with Crippen LogP contribution in [-0.4, -0.2) is 22.5 Å². The smallest absolute Gasteiger partial charge is 0.0721 e. The maximum Gasteiger partial charge on any atom is 0.0721 e. The van der Waals surface area contributed by atoms with Gasteiger partial charge < -0.3 is 5.11 Å². The standard InChI is InChI=1S/C7H8Cl2O/c8-6-2-1-5(4-10)3-7(6)9/h1-3,6-7,10H,4H2. The van der Waals surface area contributed by atoms with E-state index in [4.69, 9.17) is 28.3 Å². The molecule has 3 heteroatoms. The minimum Gasteiger partial charge on any atom is -0.392 e. The fourth-order valence-corrected chi connectivity index (χ4v) is 1.17. The minimum absolute atomic E-state index is 0.0311. The van der Waals surface area contributed by atoms with Crippen LogP contribution < -0.4 is 0 Å². The molecule has 2 atom stereocenters. The lowest BCUT2D eigenvalue weighted by Crippen LogP contribution is -2.14. The third-order valence-electron chi connectivity index (χ3n) is 1.35. The van der Waals surface area contributed by atoms with E-state index in [1.54, 1.807) is 18.2 Å². The van der Waals surface area contributed by atoms with Crippen LogP contribution in [0.4, 0.5) is 0 Å². The summed E-state index contributed by atoms with van der Waals surface area (Å²) in [5.74, 6) is 0. The first-order chi connectivity index (χ1) is 4.74. The highest BCUT2D eigenvalue weighted by Gasteiger charge is 2.14. The SMILES string of the molecule is OCC1=CC(Cl)C(Cl)C=C1. The number of halogens is 2. The molecule has 1 N–H and O–H groups in total.